The van der Waals surface area contributed by atoms with Crippen molar-refractivity contribution < 1.29 is 22.1 Å². The summed E-state index contributed by atoms with van der Waals surface area (Å²) in [4.78, 5) is 13.3. The molecule has 2 aliphatic heterocycles. The SMILES string of the molecule is Nc1nc2c(cnn2CCN2CCN(c3cc(OC4CCS(=O)CC4)c(F)cc3F)CC2)c2nc(-c3ccco3)nn12. The number of benzene rings is 1. The number of nitrogens with zero attached hydrogens (tertiary/aromatic N) is 8. The summed E-state index contributed by atoms with van der Waals surface area (Å²) in [6.07, 6.45) is 4.25. The van der Waals surface area contributed by atoms with Crippen LogP contribution in [-0.4, -0.2) is 88.8 Å². The van der Waals surface area contributed by atoms with E-state index in [1.165, 1.54) is 10.6 Å². The first kappa shape index (κ1) is 26.8. The summed E-state index contributed by atoms with van der Waals surface area (Å²) in [7, 11) is -0.841. The fraction of sp³-hybridized carbons (Fsp3) is 0.407. The van der Waals surface area contributed by atoms with Gasteiger partial charge in [0.2, 0.25) is 11.8 Å². The molecule has 220 valence electrons. The molecule has 5 aromatic rings. The van der Waals surface area contributed by atoms with Crippen LogP contribution in [-0.2, 0) is 17.3 Å². The van der Waals surface area contributed by atoms with Gasteiger partial charge >= 0.3 is 0 Å². The van der Waals surface area contributed by atoms with Crippen molar-refractivity contribution >= 4 is 39.1 Å². The lowest BCUT2D eigenvalue weighted by atomic mass is 10.2. The number of hydrogen-bond acceptors (Lipinski definition) is 10. The van der Waals surface area contributed by atoms with Gasteiger partial charge in [0.15, 0.2) is 28.6 Å². The Morgan fingerprint density at radius 2 is 1.86 bits per heavy atom. The maximum absolute atomic E-state index is 14.8. The number of nitrogens with two attached hydrogens (primary N) is 1. The van der Waals surface area contributed by atoms with Crippen LogP contribution in [0.25, 0.3) is 28.3 Å². The molecule has 0 atom stereocenters. The van der Waals surface area contributed by atoms with E-state index in [4.69, 9.17) is 14.9 Å². The van der Waals surface area contributed by atoms with Crippen LogP contribution < -0.4 is 15.4 Å². The molecule has 2 aliphatic rings. The summed E-state index contributed by atoms with van der Waals surface area (Å²) in [5.41, 5.74) is 7.69. The smallest absolute Gasteiger partial charge is 0.225 e. The first-order chi connectivity index (χ1) is 20.4. The van der Waals surface area contributed by atoms with E-state index in [0.717, 1.165) is 11.5 Å². The number of aromatic nitrogens is 6. The summed E-state index contributed by atoms with van der Waals surface area (Å²) in [6.45, 7) is 3.80. The highest BCUT2D eigenvalue weighted by Gasteiger charge is 2.25. The number of piperazine rings is 1. The number of hydrogen-bond donors (Lipinski definition) is 1. The van der Waals surface area contributed by atoms with Gasteiger partial charge in [0.25, 0.3) is 0 Å². The number of furan rings is 1. The van der Waals surface area contributed by atoms with E-state index < -0.39 is 22.4 Å². The summed E-state index contributed by atoms with van der Waals surface area (Å²) in [5, 5.41) is 9.68. The van der Waals surface area contributed by atoms with Crippen molar-refractivity contribution in [2.45, 2.75) is 25.5 Å². The second kappa shape index (κ2) is 10.9. The molecular weight excluding hydrogens is 568 g/mol. The van der Waals surface area contributed by atoms with Crippen molar-refractivity contribution in [1.82, 2.24) is 34.3 Å². The van der Waals surface area contributed by atoms with E-state index in [1.807, 2.05) is 4.90 Å². The topological polar surface area (TPSA) is 133 Å². The van der Waals surface area contributed by atoms with E-state index in [-0.39, 0.29) is 17.8 Å². The lowest BCUT2D eigenvalue weighted by molar-refractivity contribution is 0.182. The molecule has 1 aromatic carbocycles. The van der Waals surface area contributed by atoms with Gasteiger partial charge in [-0.3, -0.25) is 9.11 Å². The number of fused-ring (bicyclic) bond motifs is 3. The van der Waals surface area contributed by atoms with Crippen LogP contribution >= 0.6 is 0 Å². The molecule has 7 rings (SSSR count). The second-order valence-electron chi connectivity index (χ2n) is 10.5. The fourth-order valence-electron chi connectivity index (χ4n) is 5.50. The van der Waals surface area contributed by atoms with Crippen LogP contribution in [0.5, 0.6) is 5.75 Å². The third-order valence-electron chi connectivity index (χ3n) is 7.81. The van der Waals surface area contributed by atoms with Gasteiger partial charge in [-0.15, -0.1) is 5.10 Å². The molecule has 42 heavy (non-hydrogen) atoms. The first-order valence-electron chi connectivity index (χ1n) is 13.8. The summed E-state index contributed by atoms with van der Waals surface area (Å²) in [6, 6.07) is 5.89. The Hall–Kier alpha value is -4.11. The van der Waals surface area contributed by atoms with Crippen LogP contribution in [0.2, 0.25) is 0 Å². The molecule has 4 aromatic heterocycles. The minimum atomic E-state index is -0.841. The predicted molar refractivity (Wildman–Crippen MR) is 153 cm³/mol. The monoisotopic (exact) mass is 597 g/mol. The molecule has 6 heterocycles. The molecule has 0 spiro atoms. The second-order valence-corrected chi connectivity index (χ2v) is 12.1. The van der Waals surface area contributed by atoms with Crippen molar-refractivity contribution in [2.24, 2.45) is 0 Å². The molecule has 2 N–H and O–H groups in total. The Morgan fingerprint density at radius 1 is 1.05 bits per heavy atom. The maximum atomic E-state index is 14.8. The van der Waals surface area contributed by atoms with Crippen molar-refractivity contribution in [2.75, 3.05) is 54.9 Å². The highest BCUT2D eigenvalue weighted by atomic mass is 32.2. The number of rotatable bonds is 7. The number of nitrogen functional groups attached to an aromatic ring is 1. The Bertz CT molecular complexity index is 1760. The van der Waals surface area contributed by atoms with E-state index in [9.17, 15) is 13.0 Å². The standard InChI is InChI=1S/C27H29F2N9O3S/c28-19-14-20(29)23(41-17-3-12-42(39)13-4-17)15-21(19)36-8-5-35(6-9-36)7-10-37-25-18(16-31-37)26-32-24(22-2-1-11-40-22)34-38(26)27(30)33-25/h1-2,11,14-17H,3-10,12-13H2,(H2,30,33). The number of ether oxygens (including phenoxy) is 1. The van der Waals surface area contributed by atoms with Gasteiger partial charge < -0.3 is 19.8 Å². The largest absolute Gasteiger partial charge is 0.487 e. The molecule has 0 bridgehead atoms. The van der Waals surface area contributed by atoms with E-state index in [1.54, 1.807) is 29.3 Å². The molecule has 0 amide bonds. The van der Waals surface area contributed by atoms with Gasteiger partial charge in [0.1, 0.15) is 11.9 Å². The Kier molecular flexibility index (Phi) is 6.98. The van der Waals surface area contributed by atoms with E-state index in [0.29, 0.717) is 92.2 Å². The zero-order valence-electron chi connectivity index (χ0n) is 22.7. The van der Waals surface area contributed by atoms with E-state index >= 15 is 0 Å². The lowest BCUT2D eigenvalue weighted by Gasteiger charge is -2.36. The molecule has 0 saturated carbocycles. The Labute approximate surface area is 241 Å². The molecule has 2 saturated heterocycles. The van der Waals surface area contributed by atoms with Crippen molar-refractivity contribution in [3.8, 4) is 17.3 Å². The molecular formula is C27H29F2N9O3S. The fourth-order valence-corrected chi connectivity index (χ4v) is 6.76. The Morgan fingerprint density at radius 3 is 2.62 bits per heavy atom. The van der Waals surface area contributed by atoms with Crippen LogP contribution in [0.15, 0.2) is 41.1 Å². The highest BCUT2D eigenvalue weighted by molar-refractivity contribution is 7.85. The quantitative estimate of drug-likeness (QED) is 0.299. The minimum absolute atomic E-state index is 0.0434. The van der Waals surface area contributed by atoms with Crippen molar-refractivity contribution in [3.63, 3.8) is 0 Å². The molecule has 12 nitrogen and oxygen atoms in total. The number of anilines is 2. The zero-order valence-corrected chi connectivity index (χ0v) is 23.5. The van der Waals surface area contributed by atoms with Crippen LogP contribution in [0.4, 0.5) is 20.4 Å². The predicted octanol–water partition coefficient (Wildman–Crippen LogP) is 2.71. The molecule has 0 unspecified atom stereocenters. The molecule has 15 heteroatoms. The molecule has 2 fully saturated rings. The van der Waals surface area contributed by atoms with Gasteiger partial charge in [-0.1, -0.05) is 0 Å². The summed E-state index contributed by atoms with van der Waals surface area (Å²) in [5.74, 6) is 0.931. The van der Waals surface area contributed by atoms with Crippen LogP contribution in [0.3, 0.4) is 0 Å². The average molecular weight is 598 g/mol. The third kappa shape index (κ3) is 5.06. The van der Waals surface area contributed by atoms with E-state index in [2.05, 4.69) is 25.1 Å². The van der Waals surface area contributed by atoms with Gasteiger partial charge in [-0.05, 0) is 25.0 Å². The van der Waals surface area contributed by atoms with Crippen molar-refractivity contribution in [1.29, 1.82) is 0 Å². The van der Waals surface area contributed by atoms with Gasteiger partial charge in [-0.2, -0.15) is 14.6 Å². The Balaban J connectivity index is 1.01. The van der Waals surface area contributed by atoms with Crippen LogP contribution in [0, 0.1) is 11.6 Å². The third-order valence-corrected chi connectivity index (χ3v) is 9.19. The summed E-state index contributed by atoms with van der Waals surface area (Å²) >= 11 is 0. The summed E-state index contributed by atoms with van der Waals surface area (Å²) < 4.78 is 55.5. The van der Waals surface area contributed by atoms with Crippen LogP contribution in [0.1, 0.15) is 12.8 Å². The molecule has 0 radical (unpaired) electrons. The number of halogens is 2. The van der Waals surface area contributed by atoms with Gasteiger partial charge in [0, 0.05) is 67.2 Å². The first-order valence-corrected chi connectivity index (χ1v) is 15.3. The lowest BCUT2D eigenvalue weighted by Crippen LogP contribution is -2.47. The van der Waals surface area contributed by atoms with Crippen molar-refractivity contribution in [3.05, 3.63) is 48.4 Å². The van der Waals surface area contributed by atoms with Gasteiger partial charge in [-0.25, -0.2) is 18.4 Å². The normalized spacial score (nSPS) is 20.1. The minimum Gasteiger partial charge on any atom is -0.487 e. The highest BCUT2D eigenvalue weighted by Crippen LogP contribution is 2.31. The maximum Gasteiger partial charge on any atom is 0.225 e. The van der Waals surface area contributed by atoms with Gasteiger partial charge in [0.05, 0.1) is 30.1 Å². The zero-order chi connectivity index (χ0) is 28.8. The average Bonchev–Trinajstić information content (AvgIpc) is 3.75. The molecule has 0 aliphatic carbocycles.